The molecule has 0 atom stereocenters. The highest BCUT2D eigenvalue weighted by Gasteiger charge is 2.41. The summed E-state index contributed by atoms with van der Waals surface area (Å²) in [5.74, 6) is -1.03. The number of carbonyl (C=O) groups is 2. The molecule has 1 fully saturated rings. The summed E-state index contributed by atoms with van der Waals surface area (Å²) in [6.45, 7) is 0.943. The SMILES string of the molecule is O=C(NCc1cscn1)NC1(C(=O)O)CCOCC1. The van der Waals surface area contributed by atoms with Gasteiger partial charge in [0.15, 0.2) is 0 Å². The van der Waals surface area contributed by atoms with Crippen LogP contribution >= 0.6 is 11.3 Å². The van der Waals surface area contributed by atoms with Crippen molar-refractivity contribution in [1.82, 2.24) is 15.6 Å². The fourth-order valence-electron chi connectivity index (χ4n) is 1.87. The minimum atomic E-state index is -1.23. The molecular formula is C11H15N3O4S. The van der Waals surface area contributed by atoms with Crippen LogP contribution in [0.2, 0.25) is 0 Å². The number of carboxylic acids is 1. The van der Waals surface area contributed by atoms with Gasteiger partial charge in [-0.2, -0.15) is 0 Å². The minimum Gasteiger partial charge on any atom is -0.480 e. The highest BCUT2D eigenvalue weighted by atomic mass is 32.1. The lowest BCUT2D eigenvalue weighted by Crippen LogP contribution is -2.59. The Hall–Kier alpha value is -1.67. The third kappa shape index (κ3) is 3.42. The molecule has 0 aliphatic carbocycles. The van der Waals surface area contributed by atoms with Crippen LogP contribution in [0, 0.1) is 0 Å². The second-order valence-corrected chi connectivity index (χ2v) is 5.01. The van der Waals surface area contributed by atoms with Gasteiger partial charge in [0.25, 0.3) is 0 Å². The number of ether oxygens (including phenoxy) is 1. The van der Waals surface area contributed by atoms with E-state index in [1.54, 1.807) is 5.51 Å². The van der Waals surface area contributed by atoms with E-state index in [0.717, 1.165) is 5.69 Å². The van der Waals surface area contributed by atoms with Gasteiger partial charge in [-0.3, -0.25) is 0 Å². The molecule has 7 nitrogen and oxygen atoms in total. The van der Waals surface area contributed by atoms with Crippen molar-refractivity contribution in [2.24, 2.45) is 0 Å². The second-order valence-electron chi connectivity index (χ2n) is 4.29. The van der Waals surface area contributed by atoms with Crippen LogP contribution in [0.5, 0.6) is 0 Å². The molecule has 3 N–H and O–H groups in total. The molecule has 0 spiro atoms. The number of thiazole rings is 1. The molecule has 1 aromatic heterocycles. The van der Waals surface area contributed by atoms with Gasteiger partial charge in [0, 0.05) is 31.4 Å². The molecule has 1 aliphatic rings. The van der Waals surface area contributed by atoms with Crippen LogP contribution in [-0.2, 0) is 16.1 Å². The van der Waals surface area contributed by atoms with Crippen molar-refractivity contribution in [2.45, 2.75) is 24.9 Å². The third-order valence-corrected chi connectivity index (χ3v) is 3.66. The summed E-state index contributed by atoms with van der Waals surface area (Å²) >= 11 is 1.44. The minimum absolute atomic E-state index is 0.270. The molecular weight excluding hydrogens is 270 g/mol. The van der Waals surface area contributed by atoms with E-state index in [9.17, 15) is 14.7 Å². The van der Waals surface area contributed by atoms with Crippen molar-refractivity contribution in [3.05, 3.63) is 16.6 Å². The van der Waals surface area contributed by atoms with Crippen LogP contribution < -0.4 is 10.6 Å². The fourth-order valence-corrected chi connectivity index (χ4v) is 2.43. The summed E-state index contributed by atoms with van der Waals surface area (Å²) in [5, 5.41) is 16.2. The van der Waals surface area contributed by atoms with Crippen molar-refractivity contribution in [1.29, 1.82) is 0 Å². The maximum atomic E-state index is 11.8. The first-order valence-electron chi connectivity index (χ1n) is 5.87. The molecule has 19 heavy (non-hydrogen) atoms. The highest BCUT2D eigenvalue weighted by molar-refractivity contribution is 7.07. The predicted molar refractivity (Wildman–Crippen MR) is 67.9 cm³/mol. The van der Waals surface area contributed by atoms with Gasteiger partial charge in [-0.1, -0.05) is 0 Å². The maximum absolute atomic E-state index is 11.8. The van der Waals surface area contributed by atoms with Crippen LogP contribution in [-0.4, -0.2) is 40.8 Å². The number of nitrogens with one attached hydrogen (secondary N) is 2. The Morgan fingerprint density at radius 3 is 2.79 bits per heavy atom. The predicted octanol–water partition coefficient (Wildman–Crippen LogP) is 0.576. The van der Waals surface area contributed by atoms with Crippen LogP contribution in [0.1, 0.15) is 18.5 Å². The summed E-state index contributed by atoms with van der Waals surface area (Å²) in [5.41, 5.74) is 1.19. The Morgan fingerprint density at radius 2 is 2.21 bits per heavy atom. The lowest BCUT2D eigenvalue weighted by molar-refractivity contribution is -0.148. The molecule has 1 aromatic rings. The normalized spacial score (nSPS) is 17.7. The molecule has 0 aromatic carbocycles. The van der Waals surface area contributed by atoms with Gasteiger partial charge in [-0.15, -0.1) is 11.3 Å². The molecule has 104 valence electrons. The van der Waals surface area contributed by atoms with Crippen molar-refractivity contribution in [2.75, 3.05) is 13.2 Å². The van der Waals surface area contributed by atoms with E-state index < -0.39 is 17.5 Å². The number of aromatic nitrogens is 1. The Balaban J connectivity index is 1.90. The molecule has 0 unspecified atom stereocenters. The van der Waals surface area contributed by atoms with E-state index in [0.29, 0.717) is 13.2 Å². The van der Waals surface area contributed by atoms with Crippen LogP contribution in [0.3, 0.4) is 0 Å². The largest absolute Gasteiger partial charge is 0.480 e. The lowest BCUT2D eigenvalue weighted by atomic mass is 9.90. The van der Waals surface area contributed by atoms with E-state index >= 15 is 0 Å². The number of amides is 2. The second kappa shape index (κ2) is 5.98. The zero-order valence-electron chi connectivity index (χ0n) is 10.2. The van der Waals surface area contributed by atoms with E-state index in [-0.39, 0.29) is 19.4 Å². The Morgan fingerprint density at radius 1 is 1.47 bits per heavy atom. The smallest absolute Gasteiger partial charge is 0.329 e. The summed E-state index contributed by atoms with van der Waals surface area (Å²) in [7, 11) is 0. The summed E-state index contributed by atoms with van der Waals surface area (Å²) < 4.78 is 5.13. The Bertz CT molecular complexity index is 443. The van der Waals surface area contributed by atoms with E-state index in [1.807, 2.05) is 5.38 Å². The maximum Gasteiger partial charge on any atom is 0.329 e. The van der Waals surface area contributed by atoms with Gasteiger partial charge in [-0.25, -0.2) is 14.6 Å². The Kier molecular flexibility index (Phi) is 4.33. The molecule has 2 heterocycles. The quantitative estimate of drug-likeness (QED) is 0.751. The van der Waals surface area contributed by atoms with E-state index in [1.165, 1.54) is 11.3 Å². The topological polar surface area (TPSA) is 101 Å². The monoisotopic (exact) mass is 285 g/mol. The lowest BCUT2D eigenvalue weighted by Gasteiger charge is -2.33. The summed E-state index contributed by atoms with van der Waals surface area (Å²) in [6, 6.07) is -0.502. The number of hydrogen-bond acceptors (Lipinski definition) is 5. The Labute approximate surface area is 114 Å². The van der Waals surface area contributed by atoms with Gasteiger partial charge >= 0.3 is 12.0 Å². The highest BCUT2D eigenvalue weighted by Crippen LogP contribution is 2.20. The standard InChI is InChI=1S/C11H15N3O4S/c15-9(16)11(1-3-18-4-2-11)14-10(17)12-5-8-6-19-7-13-8/h6-7H,1-5H2,(H,15,16)(H2,12,14,17). The average molecular weight is 285 g/mol. The number of rotatable bonds is 4. The molecule has 1 saturated heterocycles. The van der Waals surface area contributed by atoms with Crippen LogP contribution in [0.25, 0.3) is 0 Å². The number of urea groups is 1. The van der Waals surface area contributed by atoms with Crippen molar-refractivity contribution >= 4 is 23.3 Å². The summed E-state index contributed by atoms with van der Waals surface area (Å²) in [4.78, 5) is 27.1. The van der Waals surface area contributed by atoms with Gasteiger partial charge in [-0.05, 0) is 0 Å². The molecule has 2 amide bonds. The third-order valence-electron chi connectivity index (χ3n) is 3.02. The molecule has 1 aliphatic heterocycles. The molecule has 0 radical (unpaired) electrons. The fraction of sp³-hybridized carbons (Fsp3) is 0.545. The number of nitrogens with zero attached hydrogens (tertiary/aromatic N) is 1. The van der Waals surface area contributed by atoms with Crippen molar-refractivity contribution < 1.29 is 19.4 Å². The summed E-state index contributed by atoms with van der Waals surface area (Å²) in [6.07, 6.45) is 0.541. The van der Waals surface area contributed by atoms with Crippen LogP contribution in [0.15, 0.2) is 10.9 Å². The van der Waals surface area contributed by atoms with Crippen LogP contribution in [0.4, 0.5) is 4.79 Å². The number of hydrogen-bond donors (Lipinski definition) is 3. The van der Waals surface area contributed by atoms with E-state index in [2.05, 4.69) is 15.6 Å². The molecule has 2 rings (SSSR count). The zero-order valence-corrected chi connectivity index (χ0v) is 11.0. The number of carbonyl (C=O) groups excluding carboxylic acids is 1. The number of aliphatic carboxylic acids is 1. The van der Waals surface area contributed by atoms with Gasteiger partial charge in [0.05, 0.1) is 17.7 Å². The van der Waals surface area contributed by atoms with Gasteiger partial charge in [0.1, 0.15) is 5.54 Å². The van der Waals surface area contributed by atoms with E-state index in [4.69, 9.17) is 4.74 Å². The zero-order chi connectivity index (χ0) is 13.7. The molecule has 0 saturated carbocycles. The first kappa shape index (κ1) is 13.8. The molecule has 0 bridgehead atoms. The molecule has 8 heteroatoms. The number of carboxylic acid groups (broad SMARTS) is 1. The average Bonchev–Trinajstić information content (AvgIpc) is 2.90. The van der Waals surface area contributed by atoms with Gasteiger partial charge < -0.3 is 20.5 Å². The van der Waals surface area contributed by atoms with Crippen molar-refractivity contribution in [3.63, 3.8) is 0 Å². The van der Waals surface area contributed by atoms with Gasteiger partial charge in [0.2, 0.25) is 0 Å². The van der Waals surface area contributed by atoms with Crippen molar-refractivity contribution in [3.8, 4) is 0 Å². The first-order valence-corrected chi connectivity index (χ1v) is 6.81. The first-order chi connectivity index (χ1) is 9.12.